The molecule has 0 saturated heterocycles. The number of hydrogen-bond donors (Lipinski definition) is 2. The van der Waals surface area contributed by atoms with Crippen LogP contribution in [0.2, 0.25) is 10.0 Å². The molecule has 2 rings (SSSR count). The third-order valence-corrected chi connectivity index (χ3v) is 4.65. The summed E-state index contributed by atoms with van der Waals surface area (Å²) in [6.07, 6.45) is 1.25. The Morgan fingerprint density at radius 2 is 1.86 bits per heavy atom. The fraction of sp³-hybridized carbons (Fsp3) is 0.154. The smallest absolute Gasteiger partial charge is 0.242 e. The molecule has 0 aliphatic heterocycles. The van der Waals surface area contributed by atoms with E-state index in [-0.39, 0.29) is 16.5 Å². The number of aromatic nitrogens is 1. The molecule has 0 saturated carbocycles. The van der Waals surface area contributed by atoms with E-state index >= 15 is 0 Å². The van der Waals surface area contributed by atoms with Crippen LogP contribution >= 0.6 is 23.2 Å². The molecule has 0 unspecified atom stereocenters. The minimum absolute atomic E-state index is 0.0143. The van der Waals surface area contributed by atoms with Gasteiger partial charge in [0.25, 0.3) is 0 Å². The number of anilines is 1. The van der Waals surface area contributed by atoms with Crippen LogP contribution in [0.15, 0.2) is 41.4 Å². The Morgan fingerprint density at radius 1 is 1.19 bits per heavy atom. The van der Waals surface area contributed by atoms with Gasteiger partial charge in [-0.05, 0) is 23.8 Å². The van der Waals surface area contributed by atoms with Gasteiger partial charge in [0.1, 0.15) is 10.7 Å². The van der Waals surface area contributed by atoms with Gasteiger partial charge in [-0.2, -0.15) is 0 Å². The Balaban J connectivity index is 2.14. The van der Waals surface area contributed by atoms with Crippen molar-refractivity contribution in [3.63, 3.8) is 0 Å². The molecule has 112 valence electrons. The van der Waals surface area contributed by atoms with E-state index in [1.807, 2.05) is 0 Å². The van der Waals surface area contributed by atoms with Crippen molar-refractivity contribution < 1.29 is 8.42 Å². The van der Waals surface area contributed by atoms with Gasteiger partial charge in [0.05, 0.1) is 5.02 Å². The largest absolute Gasteiger partial charge is 0.372 e. The van der Waals surface area contributed by atoms with E-state index in [1.165, 1.54) is 12.3 Å². The van der Waals surface area contributed by atoms with Crippen molar-refractivity contribution in [3.8, 4) is 0 Å². The highest BCUT2D eigenvalue weighted by atomic mass is 35.5. The maximum atomic E-state index is 12.2. The van der Waals surface area contributed by atoms with Gasteiger partial charge in [-0.25, -0.2) is 18.1 Å². The topological polar surface area (TPSA) is 71.1 Å². The van der Waals surface area contributed by atoms with Gasteiger partial charge in [-0.15, -0.1) is 0 Å². The van der Waals surface area contributed by atoms with Crippen LogP contribution in [-0.4, -0.2) is 20.4 Å². The van der Waals surface area contributed by atoms with Crippen LogP contribution in [0, 0.1) is 0 Å². The van der Waals surface area contributed by atoms with Crippen LogP contribution in [0.1, 0.15) is 5.56 Å². The number of nitrogens with zero attached hydrogens (tertiary/aromatic N) is 1. The average molecular weight is 346 g/mol. The summed E-state index contributed by atoms with van der Waals surface area (Å²) < 4.78 is 26.8. The number of sulfonamides is 1. The van der Waals surface area contributed by atoms with Gasteiger partial charge in [-0.3, -0.25) is 0 Å². The lowest BCUT2D eigenvalue weighted by atomic mass is 10.2. The van der Waals surface area contributed by atoms with Crippen molar-refractivity contribution in [2.45, 2.75) is 11.4 Å². The Labute approximate surface area is 133 Å². The van der Waals surface area contributed by atoms with Crippen molar-refractivity contribution in [2.75, 3.05) is 12.4 Å². The van der Waals surface area contributed by atoms with Crippen LogP contribution in [-0.2, 0) is 16.6 Å². The van der Waals surface area contributed by atoms with Crippen molar-refractivity contribution in [1.29, 1.82) is 0 Å². The quantitative estimate of drug-likeness (QED) is 0.873. The molecule has 5 nitrogen and oxygen atoms in total. The summed E-state index contributed by atoms with van der Waals surface area (Å²) in [6, 6.07) is 8.25. The first-order valence-corrected chi connectivity index (χ1v) is 8.23. The zero-order valence-corrected chi connectivity index (χ0v) is 13.4. The summed E-state index contributed by atoms with van der Waals surface area (Å²) >= 11 is 11.7. The third kappa shape index (κ3) is 4.07. The van der Waals surface area contributed by atoms with E-state index in [1.54, 1.807) is 31.3 Å². The fourth-order valence-corrected chi connectivity index (χ4v) is 3.05. The summed E-state index contributed by atoms with van der Waals surface area (Å²) in [5, 5.41) is 3.61. The number of hydrogen-bond acceptors (Lipinski definition) is 4. The number of nitrogens with one attached hydrogen (secondary N) is 2. The zero-order valence-electron chi connectivity index (χ0n) is 11.1. The molecule has 0 fully saturated rings. The summed E-state index contributed by atoms with van der Waals surface area (Å²) in [6.45, 7) is 0.158. The molecule has 2 N–H and O–H groups in total. The average Bonchev–Trinajstić information content (AvgIpc) is 2.46. The first kappa shape index (κ1) is 16.0. The lowest BCUT2D eigenvalue weighted by molar-refractivity contribution is 0.581. The third-order valence-electron chi connectivity index (χ3n) is 2.74. The second kappa shape index (κ2) is 6.62. The standard InChI is InChI=1S/C13H13Cl2N3O2S/c1-16-13-12(15)6-11(8-17-13)21(19,20)18-7-9-2-4-10(14)5-3-9/h2-6,8,18H,7H2,1H3,(H,16,17). The molecule has 1 heterocycles. The Kier molecular flexibility index (Phi) is 5.05. The monoisotopic (exact) mass is 345 g/mol. The summed E-state index contributed by atoms with van der Waals surface area (Å²) in [5.74, 6) is 0.424. The molecule has 2 aromatic rings. The zero-order chi connectivity index (χ0) is 15.5. The minimum atomic E-state index is -3.67. The number of rotatable bonds is 5. The van der Waals surface area contributed by atoms with E-state index in [0.717, 1.165) is 5.56 Å². The van der Waals surface area contributed by atoms with E-state index < -0.39 is 10.0 Å². The van der Waals surface area contributed by atoms with Gasteiger partial charge in [0.15, 0.2) is 0 Å². The number of pyridine rings is 1. The minimum Gasteiger partial charge on any atom is -0.372 e. The van der Waals surface area contributed by atoms with Gasteiger partial charge >= 0.3 is 0 Å². The van der Waals surface area contributed by atoms with Crippen molar-refractivity contribution in [1.82, 2.24) is 9.71 Å². The highest BCUT2D eigenvalue weighted by molar-refractivity contribution is 7.89. The molecule has 1 aromatic carbocycles. The van der Waals surface area contributed by atoms with Gasteiger partial charge in [0.2, 0.25) is 10.0 Å². The van der Waals surface area contributed by atoms with Crippen LogP contribution in [0.3, 0.4) is 0 Å². The molecule has 0 spiro atoms. The van der Waals surface area contributed by atoms with E-state index in [9.17, 15) is 8.42 Å². The molecule has 0 amide bonds. The van der Waals surface area contributed by atoms with E-state index in [0.29, 0.717) is 10.8 Å². The number of halogens is 2. The molecule has 0 bridgehead atoms. The summed E-state index contributed by atoms with van der Waals surface area (Å²) in [5.41, 5.74) is 0.800. The maximum absolute atomic E-state index is 12.2. The van der Waals surface area contributed by atoms with Gasteiger partial charge in [0, 0.05) is 24.8 Å². The van der Waals surface area contributed by atoms with E-state index in [2.05, 4.69) is 15.0 Å². The van der Waals surface area contributed by atoms with E-state index in [4.69, 9.17) is 23.2 Å². The molecular weight excluding hydrogens is 333 g/mol. The van der Waals surface area contributed by atoms with Crippen LogP contribution in [0.4, 0.5) is 5.82 Å². The molecule has 0 aliphatic carbocycles. The Hall–Kier alpha value is -1.34. The van der Waals surface area contributed by atoms with Crippen molar-refractivity contribution in [2.24, 2.45) is 0 Å². The highest BCUT2D eigenvalue weighted by Crippen LogP contribution is 2.22. The van der Waals surface area contributed by atoms with Crippen molar-refractivity contribution >= 4 is 39.0 Å². The molecule has 0 atom stereocenters. The molecule has 0 radical (unpaired) electrons. The second-order valence-corrected chi connectivity index (χ2v) is 6.81. The van der Waals surface area contributed by atoms with Crippen LogP contribution in [0.5, 0.6) is 0 Å². The molecule has 21 heavy (non-hydrogen) atoms. The predicted molar refractivity (Wildman–Crippen MR) is 84.3 cm³/mol. The lowest BCUT2D eigenvalue weighted by Crippen LogP contribution is -2.23. The first-order chi connectivity index (χ1) is 9.92. The van der Waals surface area contributed by atoms with Gasteiger partial charge in [-0.1, -0.05) is 35.3 Å². The second-order valence-electron chi connectivity index (χ2n) is 4.20. The predicted octanol–water partition coefficient (Wildman–Crippen LogP) is 2.91. The SMILES string of the molecule is CNc1ncc(S(=O)(=O)NCc2ccc(Cl)cc2)cc1Cl. The van der Waals surface area contributed by atoms with Gasteiger partial charge < -0.3 is 5.32 Å². The summed E-state index contributed by atoms with van der Waals surface area (Å²) in [4.78, 5) is 3.96. The molecule has 0 aliphatic rings. The molecule has 1 aromatic heterocycles. The lowest BCUT2D eigenvalue weighted by Gasteiger charge is -2.08. The Morgan fingerprint density at radius 3 is 2.43 bits per heavy atom. The fourth-order valence-electron chi connectivity index (χ4n) is 1.62. The highest BCUT2D eigenvalue weighted by Gasteiger charge is 2.16. The normalized spacial score (nSPS) is 11.4. The van der Waals surface area contributed by atoms with Crippen LogP contribution < -0.4 is 10.0 Å². The maximum Gasteiger partial charge on any atom is 0.242 e. The molecule has 8 heteroatoms. The van der Waals surface area contributed by atoms with Crippen molar-refractivity contribution in [3.05, 3.63) is 52.1 Å². The summed E-state index contributed by atoms with van der Waals surface area (Å²) in [7, 11) is -2.02. The first-order valence-electron chi connectivity index (χ1n) is 6.00. The number of benzene rings is 1. The molecular formula is C13H13Cl2N3O2S. The van der Waals surface area contributed by atoms with Crippen LogP contribution in [0.25, 0.3) is 0 Å². The Bertz CT molecular complexity index is 734.